The van der Waals surface area contributed by atoms with E-state index >= 15 is 0 Å². The Kier molecular flexibility index (Phi) is 6.30. The van der Waals surface area contributed by atoms with Crippen LogP contribution in [0.25, 0.3) is 11.1 Å². The van der Waals surface area contributed by atoms with Gasteiger partial charge < -0.3 is 9.47 Å². The number of aromatic nitrogens is 1. The second-order valence-corrected chi connectivity index (χ2v) is 12.1. The third-order valence-corrected chi connectivity index (χ3v) is 8.24. The van der Waals surface area contributed by atoms with E-state index in [-0.39, 0.29) is 24.8 Å². The number of aryl methyl sites for hydroxylation is 1. The minimum absolute atomic E-state index is 0.0796. The Hall–Kier alpha value is -2.93. The summed E-state index contributed by atoms with van der Waals surface area (Å²) in [5, 5.41) is 0. The highest BCUT2D eigenvalue weighted by molar-refractivity contribution is 7.90. The van der Waals surface area contributed by atoms with Crippen molar-refractivity contribution in [3.63, 3.8) is 0 Å². The molecule has 2 aliphatic carbocycles. The lowest BCUT2D eigenvalue weighted by Crippen LogP contribution is -2.08. The van der Waals surface area contributed by atoms with Gasteiger partial charge in [-0.3, -0.25) is 0 Å². The number of pyridine rings is 1. The third kappa shape index (κ3) is 5.20. The number of nitrogens with zero attached hydrogens (tertiary/aromatic N) is 1. The van der Waals surface area contributed by atoms with Gasteiger partial charge >= 0.3 is 0 Å². The largest absolute Gasteiger partial charge is 0.489 e. The van der Waals surface area contributed by atoms with Gasteiger partial charge in [-0.15, -0.1) is 0 Å². The van der Waals surface area contributed by atoms with E-state index in [0.29, 0.717) is 23.8 Å². The normalized spacial score (nSPS) is 20.3. The predicted molar refractivity (Wildman–Crippen MR) is 134 cm³/mol. The van der Waals surface area contributed by atoms with Crippen LogP contribution in [-0.2, 0) is 22.9 Å². The fraction of sp³-hybridized carbons (Fsp3) is 0.393. The number of hydrogen-bond donors (Lipinski definition) is 0. The summed E-state index contributed by atoms with van der Waals surface area (Å²) in [6, 6.07) is 14.9. The lowest BCUT2D eigenvalue weighted by atomic mass is 10.0. The standard InChI is InChI=1S/C28H30FNO4S/c1-17-25-15-20-14-22(6-7-24(20)28(17)25)34-16-21-13-19(5-9-26(21)29)23-8-10-27(30-18(23)2)33-11-4-12-35(3,31)32/h5-10,13-14,17,25,28H,4,11-12,15-16H2,1-3H3/t17-,25-,28-/m0/s1. The van der Waals surface area contributed by atoms with E-state index in [1.54, 1.807) is 18.2 Å². The lowest BCUT2D eigenvalue weighted by Gasteiger charge is -2.13. The van der Waals surface area contributed by atoms with Gasteiger partial charge in [0.05, 0.1) is 12.4 Å². The van der Waals surface area contributed by atoms with Crippen LogP contribution >= 0.6 is 0 Å². The fourth-order valence-electron chi connectivity index (χ4n) is 5.24. The van der Waals surface area contributed by atoms with Crippen LogP contribution in [0, 0.1) is 24.6 Å². The van der Waals surface area contributed by atoms with Crippen LogP contribution in [0.2, 0.25) is 0 Å². The van der Waals surface area contributed by atoms with Crippen LogP contribution in [0.5, 0.6) is 11.6 Å². The molecule has 1 fully saturated rings. The summed E-state index contributed by atoms with van der Waals surface area (Å²) in [5.41, 5.74) is 5.77. The SMILES string of the molecule is Cc1nc(OCCCS(C)(=O)=O)ccc1-c1ccc(F)c(COc2ccc3c(c2)C[C@H]2[C@H](C)[C@@H]32)c1. The van der Waals surface area contributed by atoms with Crippen LogP contribution in [-0.4, -0.2) is 32.0 Å². The molecule has 3 aromatic rings. The summed E-state index contributed by atoms with van der Waals surface area (Å²) in [4.78, 5) is 4.48. The molecule has 0 unspecified atom stereocenters. The van der Waals surface area contributed by atoms with Crippen molar-refractivity contribution < 1.29 is 22.3 Å². The molecule has 0 amide bonds. The zero-order valence-electron chi connectivity index (χ0n) is 20.3. The number of benzene rings is 2. The molecule has 0 radical (unpaired) electrons. The molecule has 2 aromatic carbocycles. The molecule has 0 bridgehead atoms. The van der Waals surface area contributed by atoms with Crippen molar-refractivity contribution in [3.8, 4) is 22.8 Å². The van der Waals surface area contributed by atoms with E-state index in [2.05, 4.69) is 24.0 Å². The van der Waals surface area contributed by atoms with E-state index < -0.39 is 9.84 Å². The second-order valence-electron chi connectivity index (χ2n) is 9.82. The van der Waals surface area contributed by atoms with Gasteiger partial charge in [0.15, 0.2) is 0 Å². The maximum atomic E-state index is 14.6. The molecule has 1 aromatic heterocycles. The Morgan fingerprint density at radius 3 is 2.69 bits per heavy atom. The van der Waals surface area contributed by atoms with Gasteiger partial charge in [0.2, 0.25) is 5.88 Å². The zero-order chi connectivity index (χ0) is 24.7. The van der Waals surface area contributed by atoms with E-state index in [0.717, 1.165) is 40.8 Å². The van der Waals surface area contributed by atoms with Gasteiger partial charge in [-0.25, -0.2) is 17.8 Å². The fourth-order valence-corrected chi connectivity index (χ4v) is 5.88. The van der Waals surface area contributed by atoms with Crippen molar-refractivity contribution in [2.75, 3.05) is 18.6 Å². The molecule has 5 rings (SSSR count). The Balaban J connectivity index is 1.24. The van der Waals surface area contributed by atoms with E-state index in [4.69, 9.17) is 9.47 Å². The van der Waals surface area contributed by atoms with Gasteiger partial charge in [0.1, 0.15) is 28.0 Å². The van der Waals surface area contributed by atoms with Crippen molar-refractivity contribution in [1.29, 1.82) is 0 Å². The van der Waals surface area contributed by atoms with Gasteiger partial charge in [0.25, 0.3) is 0 Å². The number of halogens is 1. The summed E-state index contributed by atoms with van der Waals surface area (Å²) < 4.78 is 48.6. The van der Waals surface area contributed by atoms with E-state index in [1.165, 1.54) is 23.4 Å². The molecule has 3 atom stereocenters. The molecule has 0 spiro atoms. The summed E-state index contributed by atoms with van der Waals surface area (Å²) in [7, 11) is -3.01. The lowest BCUT2D eigenvalue weighted by molar-refractivity contribution is 0.299. The maximum absolute atomic E-state index is 14.6. The predicted octanol–water partition coefficient (Wildman–Crippen LogP) is 5.49. The summed E-state index contributed by atoms with van der Waals surface area (Å²) >= 11 is 0. The second kappa shape index (κ2) is 9.26. The van der Waals surface area contributed by atoms with Crippen LogP contribution in [0.15, 0.2) is 48.5 Å². The quantitative estimate of drug-likeness (QED) is 0.367. The number of ether oxygens (including phenoxy) is 2. The molecular weight excluding hydrogens is 465 g/mol. The van der Waals surface area contributed by atoms with Crippen molar-refractivity contribution in [2.24, 2.45) is 11.8 Å². The Bertz CT molecular complexity index is 1370. The number of hydrogen-bond acceptors (Lipinski definition) is 5. The highest BCUT2D eigenvalue weighted by Gasteiger charge is 2.52. The summed E-state index contributed by atoms with van der Waals surface area (Å²) in [5.74, 6) is 3.29. The Morgan fingerprint density at radius 1 is 1.09 bits per heavy atom. The molecule has 0 aliphatic heterocycles. The van der Waals surface area contributed by atoms with Crippen molar-refractivity contribution in [2.45, 2.75) is 39.2 Å². The van der Waals surface area contributed by atoms with Crippen LogP contribution in [0.1, 0.15) is 41.6 Å². The molecule has 184 valence electrons. The molecule has 35 heavy (non-hydrogen) atoms. The molecule has 1 heterocycles. The van der Waals surface area contributed by atoms with Gasteiger partial charge in [0, 0.05) is 29.1 Å². The zero-order valence-corrected chi connectivity index (χ0v) is 21.1. The molecule has 0 N–H and O–H groups in total. The highest BCUT2D eigenvalue weighted by atomic mass is 32.2. The summed E-state index contributed by atoms with van der Waals surface area (Å²) in [6.45, 7) is 4.61. The smallest absolute Gasteiger partial charge is 0.213 e. The molecule has 7 heteroatoms. The van der Waals surface area contributed by atoms with Crippen LogP contribution < -0.4 is 9.47 Å². The van der Waals surface area contributed by atoms with Crippen molar-refractivity contribution in [3.05, 3.63) is 76.7 Å². The van der Waals surface area contributed by atoms with Crippen LogP contribution in [0.4, 0.5) is 4.39 Å². The number of sulfone groups is 1. The minimum Gasteiger partial charge on any atom is -0.489 e. The van der Waals surface area contributed by atoms with Gasteiger partial charge in [-0.2, -0.15) is 0 Å². The number of fused-ring (bicyclic) bond motifs is 3. The Labute approximate surface area is 206 Å². The topological polar surface area (TPSA) is 65.5 Å². The first kappa shape index (κ1) is 23.8. The molecule has 2 aliphatic rings. The first-order valence-electron chi connectivity index (χ1n) is 12.0. The van der Waals surface area contributed by atoms with Gasteiger partial charge in [-0.05, 0) is 84.5 Å². The highest BCUT2D eigenvalue weighted by Crippen LogP contribution is 2.61. The van der Waals surface area contributed by atoms with Crippen molar-refractivity contribution >= 4 is 9.84 Å². The molecular formula is C28H30FNO4S. The minimum atomic E-state index is -3.01. The van der Waals surface area contributed by atoms with Gasteiger partial charge in [-0.1, -0.05) is 19.1 Å². The average Bonchev–Trinajstić information content (AvgIpc) is 3.26. The third-order valence-electron chi connectivity index (χ3n) is 7.21. The molecule has 1 saturated carbocycles. The van der Waals surface area contributed by atoms with E-state index in [1.807, 2.05) is 19.1 Å². The molecule has 5 nitrogen and oxygen atoms in total. The van der Waals surface area contributed by atoms with E-state index in [9.17, 15) is 12.8 Å². The Morgan fingerprint density at radius 2 is 1.91 bits per heavy atom. The van der Waals surface area contributed by atoms with Crippen LogP contribution in [0.3, 0.4) is 0 Å². The average molecular weight is 496 g/mol. The summed E-state index contributed by atoms with van der Waals surface area (Å²) in [6.07, 6.45) is 2.74. The molecule has 0 saturated heterocycles. The first-order valence-corrected chi connectivity index (χ1v) is 14.1. The monoisotopic (exact) mass is 495 g/mol. The number of rotatable bonds is 9. The first-order chi connectivity index (χ1) is 16.7. The maximum Gasteiger partial charge on any atom is 0.213 e. The van der Waals surface area contributed by atoms with Crippen molar-refractivity contribution in [1.82, 2.24) is 4.98 Å².